The molecule has 14 heteroatoms. The standard InChI is InChI=1S/C11H11NOS.C10H8ClNS.C10H6F3NOS.C10H9NS/c1-2-13-10-4-6-11(7-5-10)14-9-3-8-12;1-8-7-9(11)3-4-10(8)13-6-2-5-12;11-10(12,13)15-8-2-4-9(5-3-8)16-7-1-6-14;1-9(7-11)8-12-10-5-3-2-4-6-10/h3-7,9H,2H2,1H3;2-4,6-7H,1H3;1-5,7H;2-6,8H,1H3. The van der Waals surface area contributed by atoms with Crippen molar-refractivity contribution in [2.45, 2.75) is 46.7 Å². The number of alkyl halides is 3. The van der Waals surface area contributed by atoms with E-state index in [1.165, 1.54) is 77.8 Å². The van der Waals surface area contributed by atoms with Gasteiger partial charge in [0.2, 0.25) is 0 Å². The van der Waals surface area contributed by atoms with Gasteiger partial charge in [-0.1, -0.05) is 76.8 Å². The molecule has 0 N–H and O–H groups in total. The molecule has 6 nitrogen and oxygen atoms in total. The molecule has 282 valence electrons. The Kier molecular flexibility index (Phi) is 25.5. The third kappa shape index (κ3) is 24.8. The van der Waals surface area contributed by atoms with Crippen molar-refractivity contribution in [1.82, 2.24) is 0 Å². The number of benzene rings is 4. The molecule has 0 aliphatic rings. The van der Waals surface area contributed by atoms with Crippen LogP contribution in [0.25, 0.3) is 0 Å². The van der Waals surface area contributed by atoms with Crippen LogP contribution in [0.15, 0.2) is 162 Å². The fourth-order valence-corrected chi connectivity index (χ4v) is 6.08. The molecule has 0 fully saturated rings. The number of nitrogens with zero attached hydrogens (tertiary/aromatic N) is 4. The molecule has 0 aromatic heterocycles. The highest BCUT2D eigenvalue weighted by Gasteiger charge is 2.30. The summed E-state index contributed by atoms with van der Waals surface area (Å²) in [6.07, 6.45) is -0.472. The average molecular weight is 835 g/mol. The van der Waals surface area contributed by atoms with E-state index in [1.807, 2.05) is 104 Å². The lowest BCUT2D eigenvalue weighted by atomic mass is 10.2. The molecule has 0 bridgehead atoms. The smallest absolute Gasteiger partial charge is 0.494 e. The van der Waals surface area contributed by atoms with Gasteiger partial charge in [0.25, 0.3) is 0 Å². The molecule has 0 saturated heterocycles. The van der Waals surface area contributed by atoms with Crippen LogP contribution in [0.3, 0.4) is 0 Å². The highest BCUT2D eigenvalue weighted by molar-refractivity contribution is 8.02. The minimum Gasteiger partial charge on any atom is -0.494 e. The Balaban J connectivity index is 0.000000369. The van der Waals surface area contributed by atoms with Gasteiger partial charge in [-0.25, -0.2) is 0 Å². The van der Waals surface area contributed by atoms with Gasteiger partial charge in [-0.15, -0.1) is 13.2 Å². The van der Waals surface area contributed by atoms with Gasteiger partial charge in [0.1, 0.15) is 11.5 Å². The number of nitriles is 4. The van der Waals surface area contributed by atoms with Crippen molar-refractivity contribution in [2.24, 2.45) is 0 Å². The Bertz CT molecular complexity index is 2010. The van der Waals surface area contributed by atoms with E-state index in [4.69, 9.17) is 37.4 Å². The summed E-state index contributed by atoms with van der Waals surface area (Å²) in [5.74, 6) is 0.613. The molecule has 4 rings (SSSR count). The van der Waals surface area contributed by atoms with Crippen LogP contribution in [0.1, 0.15) is 19.4 Å². The lowest BCUT2D eigenvalue weighted by molar-refractivity contribution is -0.274. The largest absolute Gasteiger partial charge is 0.573 e. The molecule has 0 amide bonds. The maximum absolute atomic E-state index is 11.8. The number of thioether (sulfide) groups is 4. The van der Waals surface area contributed by atoms with Crippen molar-refractivity contribution >= 4 is 58.6 Å². The zero-order valence-corrected chi connectivity index (χ0v) is 33.8. The lowest BCUT2D eigenvalue weighted by Gasteiger charge is -2.08. The van der Waals surface area contributed by atoms with E-state index in [9.17, 15) is 13.2 Å². The lowest BCUT2D eigenvalue weighted by Crippen LogP contribution is -2.16. The fraction of sp³-hybridized carbons (Fsp3) is 0.122. The molecule has 0 aliphatic carbocycles. The average Bonchev–Trinajstić information content (AvgIpc) is 3.17. The Hall–Kier alpha value is -5.12. The zero-order chi connectivity index (χ0) is 40.7. The Morgan fingerprint density at radius 3 is 1.64 bits per heavy atom. The second-order valence-corrected chi connectivity index (χ2v) is 14.1. The zero-order valence-electron chi connectivity index (χ0n) is 29.7. The Morgan fingerprint density at radius 2 is 1.18 bits per heavy atom. The number of ether oxygens (including phenoxy) is 2. The third-order valence-corrected chi connectivity index (χ3v) is 9.52. The monoisotopic (exact) mass is 834 g/mol. The molecule has 0 atom stereocenters. The van der Waals surface area contributed by atoms with Crippen molar-refractivity contribution in [3.05, 3.63) is 153 Å². The van der Waals surface area contributed by atoms with E-state index < -0.39 is 6.36 Å². The minimum absolute atomic E-state index is 0.263. The molecule has 4 aromatic carbocycles. The fourth-order valence-electron chi connectivity index (χ4n) is 3.35. The van der Waals surface area contributed by atoms with E-state index in [2.05, 4.69) is 10.8 Å². The second-order valence-electron chi connectivity index (χ2n) is 9.83. The van der Waals surface area contributed by atoms with Crippen LogP contribution < -0.4 is 9.47 Å². The molecule has 0 aliphatic heterocycles. The second kappa shape index (κ2) is 29.3. The highest BCUT2D eigenvalue weighted by Crippen LogP contribution is 2.27. The van der Waals surface area contributed by atoms with Gasteiger partial charge < -0.3 is 9.47 Å². The summed E-state index contributed by atoms with van der Waals surface area (Å²) in [5, 5.41) is 40.9. The normalized spacial score (nSPS) is 10.6. The first-order valence-corrected chi connectivity index (χ1v) is 19.6. The van der Waals surface area contributed by atoms with Gasteiger partial charge in [0, 0.05) is 48.4 Å². The molecule has 0 radical (unpaired) electrons. The van der Waals surface area contributed by atoms with Crippen LogP contribution in [-0.2, 0) is 0 Å². The summed E-state index contributed by atoms with van der Waals surface area (Å²) in [4.78, 5) is 4.10. The predicted octanol–water partition coefficient (Wildman–Crippen LogP) is 13.9. The Morgan fingerprint density at radius 1 is 0.691 bits per heavy atom. The van der Waals surface area contributed by atoms with Crippen LogP contribution >= 0.6 is 58.6 Å². The molecular formula is C41H34ClF3N4O2S4. The van der Waals surface area contributed by atoms with E-state index in [0.717, 1.165) is 41.5 Å². The van der Waals surface area contributed by atoms with Crippen LogP contribution in [0, 0.1) is 52.2 Å². The minimum atomic E-state index is -4.67. The number of allylic oxidation sites excluding steroid dienone is 4. The summed E-state index contributed by atoms with van der Waals surface area (Å²) in [6.45, 7) is 6.43. The quantitative estimate of drug-likeness (QED) is 0.107. The molecular weight excluding hydrogens is 801 g/mol. The summed E-state index contributed by atoms with van der Waals surface area (Å²) >= 11 is 11.6. The molecule has 0 unspecified atom stereocenters. The van der Waals surface area contributed by atoms with E-state index >= 15 is 0 Å². The number of hydrogen-bond donors (Lipinski definition) is 0. The SMILES string of the molecule is CC(C#N)=CSc1ccccc1.CCOc1ccc(SC=CC#N)cc1.Cc1cc(Cl)ccc1SC=CC#N.N#CC=CSc1ccc(OC(F)(F)F)cc1. The van der Waals surface area contributed by atoms with Gasteiger partial charge in [-0.2, -0.15) is 21.0 Å². The van der Waals surface area contributed by atoms with Crippen LogP contribution in [0.2, 0.25) is 5.02 Å². The highest BCUT2D eigenvalue weighted by atomic mass is 35.5. The maximum Gasteiger partial charge on any atom is 0.573 e. The maximum atomic E-state index is 11.8. The van der Waals surface area contributed by atoms with Crippen molar-refractivity contribution in [1.29, 1.82) is 21.0 Å². The van der Waals surface area contributed by atoms with E-state index in [1.54, 1.807) is 41.0 Å². The van der Waals surface area contributed by atoms with Gasteiger partial charge in [-0.3, -0.25) is 0 Å². The predicted molar refractivity (Wildman–Crippen MR) is 220 cm³/mol. The van der Waals surface area contributed by atoms with Crippen molar-refractivity contribution < 1.29 is 22.6 Å². The van der Waals surface area contributed by atoms with Crippen molar-refractivity contribution in [3.8, 4) is 35.8 Å². The Labute approximate surface area is 342 Å². The van der Waals surface area contributed by atoms with Gasteiger partial charge in [-0.05, 0) is 127 Å². The van der Waals surface area contributed by atoms with Crippen LogP contribution in [0.4, 0.5) is 13.2 Å². The van der Waals surface area contributed by atoms with Crippen LogP contribution in [-0.4, -0.2) is 13.0 Å². The first-order chi connectivity index (χ1) is 26.4. The molecule has 55 heavy (non-hydrogen) atoms. The molecule has 0 saturated carbocycles. The topological polar surface area (TPSA) is 114 Å². The van der Waals surface area contributed by atoms with Crippen molar-refractivity contribution in [2.75, 3.05) is 6.61 Å². The first kappa shape index (κ1) is 47.9. The molecule has 4 aromatic rings. The van der Waals surface area contributed by atoms with Gasteiger partial charge >= 0.3 is 6.36 Å². The summed E-state index contributed by atoms with van der Waals surface area (Å²) < 4.78 is 44.5. The van der Waals surface area contributed by atoms with Crippen molar-refractivity contribution in [3.63, 3.8) is 0 Å². The van der Waals surface area contributed by atoms with E-state index in [-0.39, 0.29) is 5.75 Å². The summed E-state index contributed by atoms with van der Waals surface area (Å²) in [5.41, 5.74) is 1.86. The van der Waals surface area contributed by atoms with Gasteiger partial charge in [0.05, 0.1) is 30.9 Å². The van der Waals surface area contributed by atoms with Crippen LogP contribution in [0.5, 0.6) is 11.5 Å². The number of rotatable bonds is 11. The first-order valence-electron chi connectivity index (χ1n) is 15.7. The summed E-state index contributed by atoms with van der Waals surface area (Å²) in [7, 11) is 0. The third-order valence-electron chi connectivity index (χ3n) is 5.65. The molecule has 0 spiro atoms. The number of halogens is 4. The molecule has 0 heterocycles. The summed E-state index contributed by atoms with van der Waals surface area (Å²) in [6, 6.07) is 36.6. The number of hydrogen-bond acceptors (Lipinski definition) is 10. The van der Waals surface area contributed by atoms with Gasteiger partial charge in [0.15, 0.2) is 0 Å². The number of aryl methyl sites for hydroxylation is 1. The van der Waals surface area contributed by atoms with E-state index in [0.29, 0.717) is 6.61 Å².